The highest BCUT2D eigenvalue weighted by Gasteiger charge is 2.44. The third kappa shape index (κ3) is 14.9. The molecule has 3 heterocycles. The van der Waals surface area contributed by atoms with Crippen molar-refractivity contribution in [2.24, 2.45) is 11.8 Å². The molecule has 19 nitrogen and oxygen atoms in total. The Bertz CT molecular complexity index is 2290. The van der Waals surface area contributed by atoms with Gasteiger partial charge in [-0.2, -0.15) is 0 Å². The van der Waals surface area contributed by atoms with Crippen molar-refractivity contribution in [3.8, 4) is 0 Å². The first-order valence-corrected chi connectivity index (χ1v) is 26.3. The number of amides is 9. The summed E-state index contributed by atoms with van der Waals surface area (Å²) in [4.78, 5) is 140. The number of aliphatic hydroxyl groups is 1. The zero-order chi connectivity index (χ0) is 54.6. The van der Waals surface area contributed by atoms with Crippen molar-refractivity contribution in [2.75, 3.05) is 47.8 Å². The molecule has 9 amide bonds. The lowest BCUT2D eigenvalue weighted by molar-refractivity contribution is -0.152. The topological polar surface area (TPSA) is 229 Å². The molecule has 0 aromatic heterocycles. The van der Waals surface area contributed by atoms with Crippen molar-refractivity contribution in [2.45, 2.75) is 160 Å². The van der Waals surface area contributed by atoms with Gasteiger partial charge >= 0.3 is 0 Å². The van der Waals surface area contributed by atoms with Crippen LogP contribution in [0.25, 0.3) is 0 Å². The molecule has 0 aliphatic carbocycles. The fourth-order valence-electron chi connectivity index (χ4n) is 10.2. The Morgan fingerprint density at radius 2 is 1.11 bits per heavy atom. The van der Waals surface area contributed by atoms with E-state index in [2.05, 4.69) is 16.0 Å². The molecule has 3 saturated heterocycles. The molecule has 19 heteroatoms. The van der Waals surface area contributed by atoms with Crippen molar-refractivity contribution in [1.29, 1.82) is 0 Å². The van der Waals surface area contributed by atoms with Crippen LogP contribution in [0.15, 0.2) is 60.7 Å². The third-order valence-corrected chi connectivity index (χ3v) is 14.8. The lowest BCUT2D eigenvalue weighted by atomic mass is 9.99. The van der Waals surface area contributed by atoms with E-state index in [9.17, 15) is 48.3 Å². The van der Waals surface area contributed by atoms with E-state index >= 15 is 0 Å². The van der Waals surface area contributed by atoms with Gasteiger partial charge in [0.05, 0.1) is 12.5 Å². The predicted molar refractivity (Wildman–Crippen MR) is 278 cm³/mol. The highest BCUT2D eigenvalue weighted by Crippen LogP contribution is 2.24. The van der Waals surface area contributed by atoms with Crippen LogP contribution in [0.1, 0.15) is 104 Å². The monoisotopic (exact) mass is 1030 g/mol. The van der Waals surface area contributed by atoms with Gasteiger partial charge in [0.25, 0.3) is 0 Å². The second kappa shape index (κ2) is 26.7. The van der Waals surface area contributed by atoms with Gasteiger partial charge in [0.2, 0.25) is 53.2 Å². The van der Waals surface area contributed by atoms with Crippen molar-refractivity contribution in [3.05, 3.63) is 71.8 Å². The first-order valence-electron chi connectivity index (χ1n) is 26.3. The summed E-state index contributed by atoms with van der Waals surface area (Å²) in [6, 6.07) is 7.76. The first-order chi connectivity index (χ1) is 35.0. The van der Waals surface area contributed by atoms with E-state index in [0.29, 0.717) is 30.6 Å². The van der Waals surface area contributed by atoms with Crippen molar-refractivity contribution < 1.29 is 48.3 Å². The van der Waals surface area contributed by atoms with Crippen molar-refractivity contribution in [3.63, 3.8) is 0 Å². The molecule has 0 saturated carbocycles. The molecule has 0 spiro atoms. The Balaban J connectivity index is 1.63. The fraction of sp³-hybridized carbons (Fsp3) is 0.618. The smallest absolute Gasteiger partial charge is 0.248 e. The number of piperidine rings is 1. The van der Waals surface area contributed by atoms with Crippen LogP contribution >= 0.6 is 0 Å². The molecule has 3 aliphatic rings. The third-order valence-electron chi connectivity index (χ3n) is 14.8. The lowest BCUT2D eigenvalue weighted by Crippen LogP contribution is -2.62. The van der Waals surface area contributed by atoms with Gasteiger partial charge in [-0.15, -0.1) is 0 Å². The summed E-state index contributed by atoms with van der Waals surface area (Å²) in [5, 5.41) is 19.7. The summed E-state index contributed by atoms with van der Waals surface area (Å²) in [5.41, 5.74) is 1.34. The molecule has 0 bridgehead atoms. The van der Waals surface area contributed by atoms with Crippen LogP contribution in [0.3, 0.4) is 0 Å². The van der Waals surface area contributed by atoms with Gasteiger partial charge < -0.3 is 50.5 Å². The Kier molecular flexibility index (Phi) is 21.1. The molecule has 9 atom stereocenters. The number of nitrogens with one attached hydrogen (secondary N) is 3. The number of hydrogen-bond acceptors (Lipinski definition) is 10. The van der Waals surface area contributed by atoms with Crippen LogP contribution in [-0.4, -0.2) is 190 Å². The Morgan fingerprint density at radius 1 is 0.581 bits per heavy atom. The van der Waals surface area contributed by atoms with E-state index < -0.39 is 114 Å². The maximum absolute atomic E-state index is 14.8. The molecular formula is C55H81N9O10. The lowest BCUT2D eigenvalue weighted by Gasteiger charge is -2.37. The highest BCUT2D eigenvalue weighted by atomic mass is 16.3. The minimum Gasteiger partial charge on any atom is -0.391 e. The summed E-state index contributed by atoms with van der Waals surface area (Å²) in [7, 11) is 5.69. The molecule has 3 aliphatic heterocycles. The molecule has 2 aromatic rings. The maximum atomic E-state index is 14.8. The van der Waals surface area contributed by atoms with Gasteiger partial charge in [-0.1, -0.05) is 88.4 Å². The van der Waals surface area contributed by atoms with Gasteiger partial charge in [-0.25, -0.2) is 0 Å². The SMILES string of the molecule is CC(C)C[C@@H]1NC(=O)[C@H](Cc2ccccc2)N(C)C(=O)[C@H]([C@@H](C)O)NC(=O)[C@H](Cc2ccccc2)N(C)C(=O)[C@H](C)N(C)C(=O)[C@H](CC(C)C)N(C)C(=O)C[C@@H](C(=O)N2CCCCC2)NC(=O)[C@@H]2CCCN2C1=O. The quantitative estimate of drug-likeness (QED) is 0.271. The Hall–Kier alpha value is -6.37. The molecule has 0 radical (unpaired) electrons. The largest absolute Gasteiger partial charge is 0.391 e. The molecule has 4 N–H and O–H groups in total. The normalized spacial score (nSPS) is 26.7. The van der Waals surface area contributed by atoms with E-state index in [0.717, 1.165) is 24.2 Å². The maximum Gasteiger partial charge on any atom is 0.248 e. The fourth-order valence-corrected chi connectivity index (χ4v) is 10.2. The number of hydrogen-bond donors (Lipinski definition) is 4. The molecule has 2 aromatic carbocycles. The predicted octanol–water partition coefficient (Wildman–Crippen LogP) is 2.13. The second-order valence-electron chi connectivity index (χ2n) is 21.3. The van der Waals surface area contributed by atoms with Crippen LogP contribution in [0.5, 0.6) is 0 Å². The minimum atomic E-state index is -1.62. The second-order valence-corrected chi connectivity index (χ2v) is 21.3. The zero-order valence-corrected chi connectivity index (χ0v) is 45.1. The molecule has 3 fully saturated rings. The Morgan fingerprint density at radius 3 is 1.64 bits per heavy atom. The molecule has 74 heavy (non-hydrogen) atoms. The van der Waals surface area contributed by atoms with Gasteiger partial charge in [-0.3, -0.25) is 43.2 Å². The number of aliphatic hydroxyl groups excluding tert-OH is 1. The number of likely N-dealkylation sites (N-methyl/N-ethyl adjacent to an activating group) is 4. The number of fused-ring (bicyclic) bond motifs is 1. The van der Waals surface area contributed by atoms with Crippen molar-refractivity contribution in [1.82, 2.24) is 45.3 Å². The number of likely N-dealkylation sites (tertiary alicyclic amines) is 1. The number of rotatable bonds is 10. The molecule has 406 valence electrons. The van der Waals surface area contributed by atoms with Gasteiger partial charge in [0.1, 0.15) is 48.3 Å². The molecular weight excluding hydrogens is 947 g/mol. The van der Waals surface area contributed by atoms with Gasteiger partial charge in [0, 0.05) is 60.7 Å². The minimum absolute atomic E-state index is 0.0247. The van der Waals surface area contributed by atoms with E-state index in [-0.39, 0.29) is 50.5 Å². The average Bonchev–Trinajstić information content (AvgIpc) is 3.88. The Labute approximate surface area is 437 Å². The number of carbonyl (C=O) groups excluding carboxylic acids is 9. The average molecular weight is 1030 g/mol. The van der Waals surface area contributed by atoms with Crippen LogP contribution in [0.2, 0.25) is 0 Å². The summed E-state index contributed by atoms with van der Waals surface area (Å²) < 4.78 is 0. The van der Waals surface area contributed by atoms with Gasteiger partial charge in [-0.05, 0) is 81.8 Å². The summed E-state index contributed by atoms with van der Waals surface area (Å²) in [6.45, 7) is 11.4. The number of benzene rings is 2. The standard InChI is InChI=1S/C55H81N9O10/c1-34(2)29-40-53(72)64-28-20-25-42(64)48(67)57-41(52(71)63-26-18-13-19-27-63)33-46(66)60(8)45(30-35(3)4)54(73)59(7)36(5)51(70)61(9)44(32-39-23-16-12-17-24-39)50(69)58-47(37(6)65)55(74)62(10)43(49(68)56-40)31-38-21-14-11-15-22-38/h11-12,14-17,21-24,34-37,40-45,47,65H,13,18-20,25-33H2,1-10H3,(H,56,68)(H,57,67)(H,58,69)/t36-,37+,40-,41-,42-,43-,44-,45-,47-/m0/s1. The van der Waals surface area contributed by atoms with Gasteiger partial charge in [0.15, 0.2) is 0 Å². The van der Waals surface area contributed by atoms with Crippen LogP contribution in [0.4, 0.5) is 0 Å². The number of carbonyl (C=O) groups is 9. The van der Waals surface area contributed by atoms with Crippen LogP contribution in [0, 0.1) is 11.8 Å². The number of nitrogens with zero attached hydrogens (tertiary/aromatic N) is 6. The van der Waals surface area contributed by atoms with Crippen LogP contribution in [-0.2, 0) is 56.0 Å². The summed E-state index contributed by atoms with van der Waals surface area (Å²) in [5.74, 6) is -6.03. The summed E-state index contributed by atoms with van der Waals surface area (Å²) in [6.07, 6.45) is 1.38. The van der Waals surface area contributed by atoms with E-state index in [1.54, 1.807) is 65.6 Å². The van der Waals surface area contributed by atoms with E-state index in [4.69, 9.17) is 0 Å². The van der Waals surface area contributed by atoms with E-state index in [1.165, 1.54) is 61.6 Å². The zero-order valence-electron chi connectivity index (χ0n) is 45.1. The highest BCUT2D eigenvalue weighted by molar-refractivity contribution is 5.99. The molecule has 5 rings (SSSR count). The van der Waals surface area contributed by atoms with E-state index in [1.807, 2.05) is 27.7 Å². The summed E-state index contributed by atoms with van der Waals surface area (Å²) >= 11 is 0. The first kappa shape index (κ1) is 58.5. The van der Waals surface area contributed by atoms with Crippen molar-refractivity contribution >= 4 is 53.2 Å². The van der Waals surface area contributed by atoms with Crippen LogP contribution < -0.4 is 16.0 Å². The molecule has 0 unspecified atom stereocenters.